The second-order valence-electron chi connectivity index (χ2n) is 8.08. The molecule has 0 fully saturated rings. The number of fused-ring (bicyclic) bond motifs is 2. The summed E-state index contributed by atoms with van der Waals surface area (Å²) in [6.07, 6.45) is 4.78. The quantitative estimate of drug-likeness (QED) is 0.617. The van der Waals surface area contributed by atoms with Crippen LogP contribution in [0.15, 0.2) is 24.3 Å². The lowest BCUT2D eigenvalue weighted by Gasteiger charge is -2.27. The number of ether oxygens (including phenoxy) is 1. The highest BCUT2D eigenvalue weighted by atomic mass is 16.5. The fourth-order valence-corrected chi connectivity index (χ4v) is 3.61. The zero-order valence-corrected chi connectivity index (χ0v) is 17.2. The van der Waals surface area contributed by atoms with E-state index in [1.54, 1.807) is 6.92 Å². The Bertz CT molecular complexity index is 977. The van der Waals surface area contributed by atoms with Gasteiger partial charge in [0.15, 0.2) is 6.61 Å². The third-order valence-corrected chi connectivity index (χ3v) is 5.74. The van der Waals surface area contributed by atoms with E-state index in [1.807, 2.05) is 38.1 Å². The van der Waals surface area contributed by atoms with Gasteiger partial charge < -0.3 is 10.1 Å². The standard InChI is InChI=1S/C23H27N3O3/c1-15(2)23(3,14-24)26-20(27)13-29-22(28)21-16-9-5-4-6-11-18(16)25-19-12-8-7-10-17(19)21/h7-8,10,12,15H,4-6,9,11,13H2,1-3H3,(H,26,27)/t23-/m1/s1. The lowest BCUT2D eigenvalue weighted by atomic mass is 9.90. The first-order valence-corrected chi connectivity index (χ1v) is 10.2. The van der Waals surface area contributed by atoms with Crippen molar-refractivity contribution in [1.82, 2.24) is 10.3 Å². The number of rotatable bonds is 5. The Balaban J connectivity index is 1.85. The molecule has 6 heteroatoms. The van der Waals surface area contributed by atoms with Gasteiger partial charge in [-0.05, 0) is 50.2 Å². The maximum absolute atomic E-state index is 13.0. The molecule has 1 aliphatic carbocycles. The number of para-hydroxylation sites is 1. The van der Waals surface area contributed by atoms with Gasteiger partial charge in [0.25, 0.3) is 5.91 Å². The average Bonchev–Trinajstić information content (AvgIpc) is 2.95. The predicted molar refractivity (Wildman–Crippen MR) is 110 cm³/mol. The van der Waals surface area contributed by atoms with E-state index in [9.17, 15) is 14.9 Å². The molecule has 0 bridgehead atoms. The van der Waals surface area contributed by atoms with Crippen LogP contribution in [-0.2, 0) is 22.4 Å². The average molecular weight is 393 g/mol. The molecule has 0 unspecified atom stereocenters. The monoisotopic (exact) mass is 393 g/mol. The smallest absolute Gasteiger partial charge is 0.339 e. The molecular formula is C23H27N3O3. The van der Waals surface area contributed by atoms with Crippen molar-refractivity contribution in [2.24, 2.45) is 5.92 Å². The van der Waals surface area contributed by atoms with E-state index in [2.05, 4.69) is 11.4 Å². The van der Waals surface area contributed by atoms with Crippen LogP contribution in [0, 0.1) is 17.2 Å². The van der Waals surface area contributed by atoms with E-state index in [1.165, 1.54) is 0 Å². The normalized spacial score (nSPS) is 15.7. The van der Waals surface area contributed by atoms with Crippen LogP contribution in [0.2, 0.25) is 0 Å². The van der Waals surface area contributed by atoms with Crippen molar-refractivity contribution < 1.29 is 14.3 Å². The molecule has 2 aromatic rings. The zero-order chi connectivity index (χ0) is 21.0. The van der Waals surface area contributed by atoms with Gasteiger partial charge in [0, 0.05) is 11.1 Å². The fourth-order valence-electron chi connectivity index (χ4n) is 3.61. The molecule has 0 radical (unpaired) electrons. The maximum Gasteiger partial charge on any atom is 0.339 e. The molecule has 0 aliphatic heterocycles. The number of esters is 1. The summed E-state index contributed by atoms with van der Waals surface area (Å²) in [6, 6.07) is 9.66. The van der Waals surface area contributed by atoms with Crippen LogP contribution in [0.1, 0.15) is 61.6 Å². The highest BCUT2D eigenvalue weighted by molar-refractivity contribution is 6.05. The van der Waals surface area contributed by atoms with Crippen molar-refractivity contribution in [3.05, 3.63) is 41.1 Å². The molecule has 1 amide bonds. The van der Waals surface area contributed by atoms with Gasteiger partial charge >= 0.3 is 5.97 Å². The second-order valence-corrected chi connectivity index (χ2v) is 8.08. The number of hydrogen-bond acceptors (Lipinski definition) is 5. The van der Waals surface area contributed by atoms with Crippen molar-refractivity contribution >= 4 is 22.8 Å². The number of benzene rings is 1. The van der Waals surface area contributed by atoms with Crippen LogP contribution in [0.3, 0.4) is 0 Å². The minimum absolute atomic E-state index is 0.0768. The van der Waals surface area contributed by atoms with E-state index in [0.29, 0.717) is 5.56 Å². The molecule has 6 nitrogen and oxygen atoms in total. The molecule has 0 saturated heterocycles. The Morgan fingerprint density at radius 2 is 1.97 bits per heavy atom. The molecule has 0 saturated carbocycles. The van der Waals surface area contributed by atoms with E-state index >= 15 is 0 Å². The van der Waals surface area contributed by atoms with Gasteiger partial charge in [0.05, 0.1) is 17.1 Å². The molecule has 1 atom stereocenters. The Morgan fingerprint density at radius 3 is 2.69 bits per heavy atom. The Labute approximate surface area is 171 Å². The highest BCUT2D eigenvalue weighted by Gasteiger charge is 2.30. The summed E-state index contributed by atoms with van der Waals surface area (Å²) < 4.78 is 5.39. The summed E-state index contributed by atoms with van der Waals surface area (Å²) in [5.74, 6) is -1.08. The molecule has 152 valence electrons. The zero-order valence-electron chi connectivity index (χ0n) is 17.2. The topological polar surface area (TPSA) is 92.1 Å². The second kappa shape index (κ2) is 8.60. The molecule has 1 aromatic carbocycles. The van der Waals surface area contributed by atoms with Gasteiger partial charge in [-0.1, -0.05) is 38.5 Å². The molecule has 3 rings (SSSR count). The summed E-state index contributed by atoms with van der Waals surface area (Å²) >= 11 is 0. The van der Waals surface area contributed by atoms with E-state index < -0.39 is 24.0 Å². The number of nitriles is 1. The first-order chi connectivity index (χ1) is 13.9. The third-order valence-electron chi connectivity index (χ3n) is 5.74. The van der Waals surface area contributed by atoms with E-state index in [-0.39, 0.29) is 5.92 Å². The van der Waals surface area contributed by atoms with Gasteiger partial charge in [-0.2, -0.15) is 5.26 Å². The lowest BCUT2D eigenvalue weighted by molar-refractivity contribution is -0.125. The summed E-state index contributed by atoms with van der Waals surface area (Å²) in [6.45, 7) is 4.95. The van der Waals surface area contributed by atoms with Gasteiger partial charge in [-0.25, -0.2) is 4.79 Å². The van der Waals surface area contributed by atoms with E-state index in [0.717, 1.165) is 54.3 Å². The Morgan fingerprint density at radius 1 is 1.24 bits per heavy atom. The van der Waals surface area contributed by atoms with Crippen molar-refractivity contribution in [2.75, 3.05) is 6.61 Å². The fraction of sp³-hybridized carbons (Fsp3) is 0.478. The van der Waals surface area contributed by atoms with Gasteiger partial charge in [0.2, 0.25) is 0 Å². The van der Waals surface area contributed by atoms with Crippen LogP contribution in [0.4, 0.5) is 0 Å². The first-order valence-electron chi connectivity index (χ1n) is 10.2. The summed E-state index contributed by atoms with van der Waals surface area (Å²) in [5.41, 5.74) is 2.17. The third kappa shape index (κ3) is 4.40. The van der Waals surface area contributed by atoms with Crippen molar-refractivity contribution in [2.45, 2.75) is 58.4 Å². The van der Waals surface area contributed by atoms with Crippen LogP contribution < -0.4 is 5.32 Å². The molecule has 1 aromatic heterocycles. The number of amides is 1. The molecular weight excluding hydrogens is 366 g/mol. The largest absolute Gasteiger partial charge is 0.452 e. The first kappa shape index (κ1) is 20.8. The number of aromatic nitrogens is 1. The number of nitrogens with zero attached hydrogens (tertiary/aromatic N) is 2. The number of carbonyl (C=O) groups excluding carboxylic acids is 2. The number of hydrogen-bond donors (Lipinski definition) is 1. The van der Waals surface area contributed by atoms with Crippen molar-refractivity contribution in [1.29, 1.82) is 5.26 Å². The number of pyridine rings is 1. The molecule has 29 heavy (non-hydrogen) atoms. The summed E-state index contributed by atoms with van der Waals surface area (Å²) in [7, 11) is 0. The number of nitrogens with one attached hydrogen (secondary N) is 1. The minimum atomic E-state index is -1.01. The van der Waals surface area contributed by atoms with Crippen LogP contribution in [-0.4, -0.2) is 29.0 Å². The number of carbonyl (C=O) groups is 2. The molecule has 1 heterocycles. The lowest BCUT2D eigenvalue weighted by Crippen LogP contribution is -2.50. The number of aryl methyl sites for hydroxylation is 1. The molecule has 1 aliphatic rings. The Hall–Kier alpha value is -2.94. The predicted octanol–water partition coefficient (Wildman–Crippen LogP) is 3.71. The van der Waals surface area contributed by atoms with Crippen LogP contribution in [0.25, 0.3) is 10.9 Å². The Kier molecular flexibility index (Phi) is 6.17. The SMILES string of the molecule is CC(C)[C@@](C)(C#N)NC(=O)COC(=O)c1c2c(nc3ccccc13)CCCCC2. The van der Waals surface area contributed by atoms with Crippen LogP contribution >= 0.6 is 0 Å². The van der Waals surface area contributed by atoms with Gasteiger partial charge in [-0.15, -0.1) is 0 Å². The van der Waals surface area contributed by atoms with Gasteiger partial charge in [0.1, 0.15) is 5.54 Å². The summed E-state index contributed by atoms with van der Waals surface area (Å²) in [5, 5.41) is 12.8. The maximum atomic E-state index is 13.0. The minimum Gasteiger partial charge on any atom is -0.452 e. The highest BCUT2D eigenvalue weighted by Crippen LogP contribution is 2.29. The van der Waals surface area contributed by atoms with Crippen molar-refractivity contribution in [3.8, 4) is 6.07 Å². The summed E-state index contributed by atoms with van der Waals surface area (Å²) in [4.78, 5) is 30.1. The van der Waals surface area contributed by atoms with Gasteiger partial charge in [-0.3, -0.25) is 9.78 Å². The van der Waals surface area contributed by atoms with E-state index in [4.69, 9.17) is 9.72 Å². The molecule has 1 N–H and O–H groups in total. The van der Waals surface area contributed by atoms with Crippen LogP contribution in [0.5, 0.6) is 0 Å². The van der Waals surface area contributed by atoms with Crippen molar-refractivity contribution in [3.63, 3.8) is 0 Å². The molecule has 0 spiro atoms.